The van der Waals surface area contributed by atoms with Crippen molar-refractivity contribution in [3.63, 3.8) is 0 Å². The van der Waals surface area contributed by atoms with E-state index in [1.54, 1.807) is 25.2 Å². The molecule has 1 aromatic heterocycles. The van der Waals surface area contributed by atoms with Gasteiger partial charge < -0.3 is 14.6 Å². The van der Waals surface area contributed by atoms with E-state index in [0.717, 1.165) is 24.1 Å². The quantitative estimate of drug-likeness (QED) is 0.547. The Balaban J connectivity index is 2.09. The van der Waals surface area contributed by atoms with Crippen LogP contribution in [0.3, 0.4) is 0 Å². The maximum Gasteiger partial charge on any atom is 0.190 e. The molecule has 1 rings (SSSR count). The summed E-state index contributed by atoms with van der Waals surface area (Å²) in [4.78, 5) is 0. The van der Waals surface area contributed by atoms with Gasteiger partial charge in [-0.1, -0.05) is 11.8 Å². The molecule has 0 aliphatic heterocycles. The molecule has 0 fully saturated rings. The largest absolute Gasteiger partial charge is 0.383 e. The number of aromatic nitrogens is 3. The molecule has 0 spiro atoms. The molecule has 1 aromatic rings. The Hall–Kier alpha value is -0.590. The molecule has 0 amide bonds. The molecular weight excluding hydrogens is 212 g/mol. The van der Waals surface area contributed by atoms with Gasteiger partial charge in [-0.05, 0) is 6.92 Å². The lowest BCUT2D eigenvalue weighted by molar-refractivity contribution is 0.173. The third kappa shape index (κ3) is 4.63. The summed E-state index contributed by atoms with van der Waals surface area (Å²) in [6, 6.07) is 0.398. The Labute approximate surface area is 94.6 Å². The van der Waals surface area contributed by atoms with Crippen LogP contribution >= 0.6 is 11.8 Å². The van der Waals surface area contributed by atoms with Crippen molar-refractivity contribution >= 4 is 11.8 Å². The van der Waals surface area contributed by atoms with Crippen LogP contribution in [0.2, 0.25) is 0 Å². The van der Waals surface area contributed by atoms with Gasteiger partial charge in [-0.3, -0.25) is 0 Å². The van der Waals surface area contributed by atoms with Gasteiger partial charge in [0.15, 0.2) is 5.16 Å². The monoisotopic (exact) mass is 230 g/mol. The number of aryl methyl sites for hydroxylation is 1. The summed E-state index contributed by atoms with van der Waals surface area (Å²) < 4.78 is 6.95. The second-order valence-corrected chi connectivity index (χ2v) is 4.45. The first kappa shape index (κ1) is 12.5. The van der Waals surface area contributed by atoms with Crippen LogP contribution in [0, 0.1) is 0 Å². The molecule has 1 heterocycles. The van der Waals surface area contributed by atoms with Crippen molar-refractivity contribution < 1.29 is 4.74 Å². The highest BCUT2D eigenvalue weighted by Gasteiger charge is 2.02. The molecule has 6 heteroatoms. The minimum Gasteiger partial charge on any atom is -0.383 e. The molecule has 0 bridgehead atoms. The molecule has 0 radical (unpaired) electrons. The third-order valence-corrected chi connectivity index (χ3v) is 2.95. The first-order valence-corrected chi connectivity index (χ1v) is 5.91. The van der Waals surface area contributed by atoms with E-state index in [1.165, 1.54) is 0 Å². The summed E-state index contributed by atoms with van der Waals surface area (Å²) in [5, 5.41) is 12.1. The van der Waals surface area contributed by atoms with Crippen LogP contribution in [0.1, 0.15) is 6.92 Å². The Morgan fingerprint density at radius 2 is 2.47 bits per heavy atom. The number of nitrogens with zero attached hydrogens (tertiary/aromatic N) is 3. The summed E-state index contributed by atoms with van der Waals surface area (Å²) in [7, 11) is 3.66. The van der Waals surface area contributed by atoms with Crippen molar-refractivity contribution in [1.82, 2.24) is 20.1 Å². The van der Waals surface area contributed by atoms with E-state index in [-0.39, 0.29) is 0 Å². The number of methoxy groups -OCH3 is 1. The van der Waals surface area contributed by atoms with Crippen LogP contribution in [0.5, 0.6) is 0 Å². The van der Waals surface area contributed by atoms with Gasteiger partial charge in [-0.15, -0.1) is 10.2 Å². The van der Waals surface area contributed by atoms with E-state index >= 15 is 0 Å². The zero-order valence-corrected chi connectivity index (χ0v) is 10.3. The Morgan fingerprint density at radius 1 is 1.67 bits per heavy atom. The van der Waals surface area contributed by atoms with E-state index in [2.05, 4.69) is 22.4 Å². The number of nitrogens with one attached hydrogen (secondary N) is 1. The first-order chi connectivity index (χ1) is 7.24. The van der Waals surface area contributed by atoms with Crippen molar-refractivity contribution in [2.75, 3.05) is 26.0 Å². The van der Waals surface area contributed by atoms with Crippen LogP contribution < -0.4 is 5.32 Å². The molecule has 0 aromatic carbocycles. The Kier molecular flexibility index (Phi) is 5.67. The Bertz CT molecular complexity index is 279. The molecule has 0 saturated heterocycles. The molecule has 0 saturated carbocycles. The van der Waals surface area contributed by atoms with Gasteiger partial charge in [0.25, 0.3) is 0 Å². The van der Waals surface area contributed by atoms with Gasteiger partial charge in [-0.2, -0.15) is 0 Å². The fourth-order valence-corrected chi connectivity index (χ4v) is 1.92. The minimum absolute atomic E-state index is 0.398. The van der Waals surface area contributed by atoms with Crippen molar-refractivity contribution in [1.29, 1.82) is 0 Å². The van der Waals surface area contributed by atoms with Crippen LogP contribution in [-0.4, -0.2) is 46.8 Å². The van der Waals surface area contributed by atoms with Crippen molar-refractivity contribution in [2.24, 2.45) is 7.05 Å². The molecule has 0 aliphatic carbocycles. The molecule has 0 aliphatic rings. The lowest BCUT2D eigenvalue weighted by atomic mass is 10.4. The van der Waals surface area contributed by atoms with Crippen LogP contribution in [0.15, 0.2) is 11.5 Å². The molecule has 5 nitrogen and oxygen atoms in total. The zero-order chi connectivity index (χ0) is 11.1. The summed E-state index contributed by atoms with van der Waals surface area (Å²) in [6.07, 6.45) is 1.71. The molecule has 1 unspecified atom stereocenters. The highest BCUT2D eigenvalue weighted by atomic mass is 32.2. The third-order valence-electron chi connectivity index (χ3n) is 1.91. The molecule has 86 valence electrons. The second kappa shape index (κ2) is 6.81. The normalized spacial score (nSPS) is 13.0. The van der Waals surface area contributed by atoms with Crippen molar-refractivity contribution in [3.05, 3.63) is 6.33 Å². The topological polar surface area (TPSA) is 52.0 Å². The van der Waals surface area contributed by atoms with E-state index in [9.17, 15) is 0 Å². The van der Waals surface area contributed by atoms with Crippen molar-refractivity contribution in [3.8, 4) is 0 Å². The fraction of sp³-hybridized carbons (Fsp3) is 0.778. The maximum atomic E-state index is 5.03. The molecule has 1 N–H and O–H groups in total. The lowest BCUT2D eigenvalue weighted by Gasteiger charge is -2.11. The molecule has 1 atom stereocenters. The van der Waals surface area contributed by atoms with Crippen molar-refractivity contribution in [2.45, 2.75) is 18.1 Å². The van der Waals surface area contributed by atoms with Gasteiger partial charge in [-0.25, -0.2) is 0 Å². The predicted molar refractivity (Wildman–Crippen MR) is 61.1 cm³/mol. The number of hydrogen-bond donors (Lipinski definition) is 1. The van der Waals surface area contributed by atoms with Gasteiger partial charge in [0, 0.05) is 32.5 Å². The maximum absolute atomic E-state index is 5.03. The van der Waals surface area contributed by atoms with Gasteiger partial charge in [0.05, 0.1) is 6.61 Å². The van der Waals surface area contributed by atoms with Gasteiger partial charge in [0.1, 0.15) is 6.33 Å². The average molecular weight is 230 g/mol. The Morgan fingerprint density at radius 3 is 3.07 bits per heavy atom. The van der Waals surface area contributed by atoms with Crippen LogP contribution in [0.4, 0.5) is 0 Å². The van der Waals surface area contributed by atoms with Gasteiger partial charge in [0.2, 0.25) is 0 Å². The predicted octanol–water partition coefficient (Wildman–Crippen LogP) is 0.532. The smallest absolute Gasteiger partial charge is 0.190 e. The fourth-order valence-electron chi connectivity index (χ4n) is 1.16. The van der Waals surface area contributed by atoms with E-state index < -0.39 is 0 Å². The molecular formula is C9H18N4OS. The minimum atomic E-state index is 0.398. The number of thioether (sulfide) groups is 1. The standard InChI is InChI=1S/C9H18N4OS/c1-8(6-14-3)10-4-5-15-9-12-11-7-13(9)2/h7-8,10H,4-6H2,1-3H3. The highest BCUT2D eigenvalue weighted by molar-refractivity contribution is 7.99. The average Bonchev–Trinajstić information content (AvgIpc) is 2.60. The zero-order valence-electron chi connectivity index (χ0n) is 9.43. The lowest BCUT2D eigenvalue weighted by Crippen LogP contribution is -2.31. The van der Waals surface area contributed by atoms with E-state index in [1.807, 2.05) is 11.6 Å². The SMILES string of the molecule is COCC(C)NCCSc1nncn1C. The van der Waals surface area contributed by atoms with Gasteiger partial charge >= 0.3 is 0 Å². The van der Waals surface area contributed by atoms with E-state index in [4.69, 9.17) is 4.74 Å². The number of rotatable bonds is 7. The number of ether oxygens (including phenoxy) is 1. The number of hydrogen-bond acceptors (Lipinski definition) is 5. The van der Waals surface area contributed by atoms with E-state index in [0.29, 0.717) is 6.04 Å². The first-order valence-electron chi connectivity index (χ1n) is 4.93. The summed E-state index contributed by atoms with van der Waals surface area (Å²) in [5.41, 5.74) is 0. The summed E-state index contributed by atoms with van der Waals surface area (Å²) in [6.45, 7) is 3.80. The summed E-state index contributed by atoms with van der Waals surface area (Å²) >= 11 is 1.70. The summed E-state index contributed by atoms with van der Waals surface area (Å²) in [5.74, 6) is 0.987. The molecule has 15 heavy (non-hydrogen) atoms. The highest BCUT2D eigenvalue weighted by Crippen LogP contribution is 2.11. The van der Waals surface area contributed by atoms with Crippen LogP contribution in [0.25, 0.3) is 0 Å². The second-order valence-electron chi connectivity index (χ2n) is 3.38. The van der Waals surface area contributed by atoms with Crippen LogP contribution in [-0.2, 0) is 11.8 Å².